The van der Waals surface area contributed by atoms with Crippen molar-refractivity contribution in [1.82, 2.24) is 5.32 Å². The minimum Gasteiger partial charge on any atom is -0.388 e. The van der Waals surface area contributed by atoms with E-state index in [2.05, 4.69) is 5.32 Å². The lowest BCUT2D eigenvalue weighted by molar-refractivity contribution is -0.125. The van der Waals surface area contributed by atoms with Crippen LogP contribution in [0.15, 0.2) is 0 Å². The zero-order chi connectivity index (χ0) is 10.6. The predicted octanol–water partition coefficient (Wildman–Crippen LogP) is 1.33. The molecule has 1 rings (SSSR count). The first-order valence-corrected chi connectivity index (χ1v) is 5.25. The fraction of sp³-hybridized carbons (Fsp3) is 0.889. The quantitative estimate of drug-likeness (QED) is 0.710. The normalized spacial score (nSPS) is 22.8. The lowest BCUT2D eigenvalue weighted by Crippen LogP contribution is -2.45. The Labute approximate surface area is 87.6 Å². The maximum Gasteiger partial charge on any atom is 0.270 e. The molecule has 0 aliphatic heterocycles. The van der Waals surface area contributed by atoms with Crippen LogP contribution in [0.25, 0.3) is 0 Å². The van der Waals surface area contributed by atoms with Crippen molar-refractivity contribution in [3.8, 4) is 0 Å². The molecule has 0 bridgehead atoms. The molecule has 0 saturated heterocycles. The second-order valence-electron chi connectivity index (χ2n) is 3.80. The summed E-state index contributed by atoms with van der Waals surface area (Å²) in [6.45, 7) is 0.0962. The third-order valence-electron chi connectivity index (χ3n) is 2.57. The Morgan fingerprint density at radius 3 is 2.57 bits per heavy atom. The third-order valence-corrected chi connectivity index (χ3v) is 2.77. The first-order chi connectivity index (χ1) is 6.53. The molecule has 2 N–H and O–H groups in total. The van der Waals surface area contributed by atoms with Crippen molar-refractivity contribution in [2.24, 2.45) is 0 Å². The van der Waals surface area contributed by atoms with Gasteiger partial charge in [-0.05, 0) is 12.8 Å². The van der Waals surface area contributed by atoms with Crippen LogP contribution < -0.4 is 5.32 Å². The van der Waals surface area contributed by atoms with Gasteiger partial charge in [-0.25, -0.2) is 4.39 Å². The molecule has 1 aliphatic carbocycles. The molecule has 0 radical (unpaired) electrons. The number of nitrogens with one attached hydrogen (secondary N) is 1. The number of amides is 1. The monoisotopic (exact) mass is 223 g/mol. The first kappa shape index (κ1) is 11.7. The van der Waals surface area contributed by atoms with Crippen LogP contribution in [0.4, 0.5) is 4.39 Å². The highest BCUT2D eigenvalue weighted by Gasteiger charge is 2.30. The molecular formula is C9H15ClFNO2. The van der Waals surface area contributed by atoms with E-state index in [0.717, 1.165) is 19.3 Å². The molecule has 0 spiro atoms. The van der Waals surface area contributed by atoms with Gasteiger partial charge >= 0.3 is 0 Å². The van der Waals surface area contributed by atoms with E-state index in [9.17, 15) is 14.3 Å². The minimum absolute atomic E-state index is 0.0962. The van der Waals surface area contributed by atoms with E-state index in [4.69, 9.17) is 11.6 Å². The molecule has 3 nitrogen and oxygen atoms in total. The summed E-state index contributed by atoms with van der Waals surface area (Å²) in [6.07, 6.45) is 4.33. The second-order valence-corrected chi connectivity index (χ2v) is 4.19. The summed E-state index contributed by atoms with van der Waals surface area (Å²) in [5.74, 6) is -0.870. The number of carbonyl (C=O) groups is 1. The Morgan fingerprint density at radius 2 is 2.07 bits per heavy atom. The van der Waals surface area contributed by atoms with Crippen LogP contribution in [0.1, 0.15) is 32.1 Å². The molecule has 0 aromatic carbocycles. The van der Waals surface area contributed by atoms with Crippen molar-refractivity contribution in [1.29, 1.82) is 0 Å². The van der Waals surface area contributed by atoms with E-state index >= 15 is 0 Å². The number of halogens is 2. The summed E-state index contributed by atoms with van der Waals surface area (Å²) < 4.78 is 12.2. The molecule has 1 amide bonds. The van der Waals surface area contributed by atoms with E-state index in [-0.39, 0.29) is 6.54 Å². The van der Waals surface area contributed by atoms with Crippen LogP contribution in [0, 0.1) is 0 Å². The number of hydrogen-bond acceptors (Lipinski definition) is 2. The maximum atomic E-state index is 12.2. The summed E-state index contributed by atoms with van der Waals surface area (Å²) in [6, 6.07) is 0. The van der Waals surface area contributed by atoms with Crippen LogP contribution in [0.5, 0.6) is 0 Å². The van der Waals surface area contributed by atoms with Crippen LogP contribution in [-0.2, 0) is 4.79 Å². The Morgan fingerprint density at radius 1 is 1.50 bits per heavy atom. The van der Waals surface area contributed by atoms with Gasteiger partial charge in [0.2, 0.25) is 0 Å². The van der Waals surface area contributed by atoms with Gasteiger partial charge in [0.25, 0.3) is 11.5 Å². The SMILES string of the molecule is O=C(NCC1(O)CCCCC1)C(F)Cl. The van der Waals surface area contributed by atoms with Crippen molar-refractivity contribution >= 4 is 17.5 Å². The molecule has 1 saturated carbocycles. The highest BCUT2D eigenvalue weighted by molar-refractivity contribution is 6.29. The van der Waals surface area contributed by atoms with Gasteiger partial charge in [-0.3, -0.25) is 4.79 Å². The number of rotatable bonds is 3. The molecule has 14 heavy (non-hydrogen) atoms. The molecule has 0 aromatic heterocycles. The van der Waals surface area contributed by atoms with Crippen molar-refractivity contribution in [2.45, 2.75) is 43.3 Å². The Bertz CT molecular complexity index is 205. The average molecular weight is 224 g/mol. The number of alkyl halides is 2. The van der Waals surface area contributed by atoms with E-state index in [1.54, 1.807) is 0 Å². The summed E-state index contributed by atoms with van der Waals surface area (Å²) in [7, 11) is 0. The zero-order valence-electron chi connectivity index (χ0n) is 7.93. The Hall–Kier alpha value is -0.350. The summed E-state index contributed by atoms with van der Waals surface area (Å²) in [5, 5.41) is 12.2. The van der Waals surface area contributed by atoms with E-state index in [0.29, 0.717) is 12.8 Å². The van der Waals surface area contributed by atoms with Gasteiger partial charge in [-0.1, -0.05) is 30.9 Å². The third kappa shape index (κ3) is 3.42. The van der Waals surface area contributed by atoms with Crippen LogP contribution >= 0.6 is 11.6 Å². The van der Waals surface area contributed by atoms with Crippen molar-refractivity contribution in [2.75, 3.05) is 6.54 Å². The van der Waals surface area contributed by atoms with Gasteiger partial charge in [0.05, 0.1) is 5.60 Å². The highest BCUT2D eigenvalue weighted by Crippen LogP contribution is 2.27. The first-order valence-electron chi connectivity index (χ1n) is 4.82. The van der Waals surface area contributed by atoms with Gasteiger partial charge in [0.1, 0.15) is 0 Å². The van der Waals surface area contributed by atoms with Gasteiger partial charge in [0.15, 0.2) is 0 Å². The molecule has 1 atom stereocenters. The van der Waals surface area contributed by atoms with Gasteiger partial charge < -0.3 is 10.4 Å². The standard InChI is InChI=1S/C9H15ClFNO2/c10-7(11)8(13)12-6-9(14)4-2-1-3-5-9/h7,14H,1-6H2,(H,12,13). The van der Waals surface area contributed by atoms with Crippen molar-refractivity contribution in [3.63, 3.8) is 0 Å². The molecule has 0 heterocycles. The lowest BCUT2D eigenvalue weighted by Gasteiger charge is -2.32. The van der Waals surface area contributed by atoms with Crippen molar-refractivity contribution < 1.29 is 14.3 Å². The number of hydrogen-bond donors (Lipinski definition) is 2. The zero-order valence-corrected chi connectivity index (χ0v) is 8.69. The fourth-order valence-corrected chi connectivity index (χ4v) is 1.79. The van der Waals surface area contributed by atoms with Gasteiger partial charge in [-0.2, -0.15) is 0 Å². The smallest absolute Gasteiger partial charge is 0.270 e. The van der Waals surface area contributed by atoms with E-state index in [1.165, 1.54) is 0 Å². The minimum atomic E-state index is -2.03. The van der Waals surface area contributed by atoms with Crippen molar-refractivity contribution in [3.05, 3.63) is 0 Å². The summed E-state index contributed by atoms with van der Waals surface area (Å²) >= 11 is 4.93. The molecule has 0 aromatic rings. The average Bonchev–Trinajstić information content (AvgIpc) is 2.15. The second kappa shape index (κ2) is 4.94. The van der Waals surface area contributed by atoms with Crippen LogP contribution in [0.2, 0.25) is 0 Å². The predicted molar refractivity (Wildman–Crippen MR) is 51.8 cm³/mol. The van der Waals surface area contributed by atoms with E-state index < -0.39 is 17.1 Å². The Balaban J connectivity index is 2.32. The Kier molecular flexibility index (Phi) is 4.13. The molecular weight excluding hydrogens is 209 g/mol. The molecule has 1 unspecified atom stereocenters. The van der Waals surface area contributed by atoms with Gasteiger partial charge in [0, 0.05) is 6.54 Å². The summed E-state index contributed by atoms with van der Waals surface area (Å²) in [4.78, 5) is 10.8. The molecule has 5 heteroatoms. The largest absolute Gasteiger partial charge is 0.388 e. The summed E-state index contributed by atoms with van der Waals surface area (Å²) in [5.41, 5.74) is -2.89. The topological polar surface area (TPSA) is 49.3 Å². The lowest BCUT2D eigenvalue weighted by atomic mass is 9.85. The maximum absolute atomic E-state index is 12.2. The van der Waals surface area contributed by atoms with Crippen LogP contribution in [0.3, 0.4) is 0 Å². The molecule has 1 aliphatic rings. The van der Waals surface area contributed by atoms with Crippen LogP contribution in [-0.4, -0.2) is 28.8 Å². The number of aliphatic hydroxyl groups is 1. The number of carbonyl (C=O) groups excluding carboxylic acids is 1. The molecule has 1 fully saturated rings. The van der Waals surface area contributed by atoms with Gasteiger partial charge in [-0.15, -0.1) is 0 Å². The molecule has 82 valence electrons. The van der Waals surface area contributed by atoms with E-state index in [1.807, 2.05) is 0 Å². The fourth-order valence-electron chi connectivity index (χ4n) is 1.72. The highest BCUT2D eigenvalue weighted by atomic mass is 35.5.